The highest BCUT2D eigenvalue weighted by atomic mass is 16.8. The van der Waals surface area contributed by atoms with Gasteiger partial charge in [-0.1, -0.05) is 13.8 Å². The molecule has 5 nitrogen and oxygen atoms in total. The van der Waals surface area contributed by atoms with E-state index < -0.39 is 12.9 Å². The second-order valence-corrected chi connectivity index (χ2v) is 2.77. The molecule has 0 rings (SSSR count). The number of carbonyl (C=O) groups is 1. The summed E-state index contributed by atoms with van der Waals surface area (Å²) in [6, 6.07) is 0. The summed E-state index contributed by atoms with van der Waals surface area (Å²) in [5.41, 5.74) is 0. The van der Waals surface area contributed by atoms with Crippen LogP contribution in [0.4, 0.5) is 4.79 Å². The molecule has 0 aliphatic heterocycles. The molecule has 0 bridgehead atoms. The van der Waals surface area contributed by atoms with Crippen molar-refractivity contribution < 1.29 is 23.8 Å². The highest BCUT2D eigenvalue weighted by molar-refractivity contribution is 5.59. The lowest BCUT2D eigenvalue weighted by Gasteiger charge is -2.06. The quantitative estimate of drug-likeness (QED) is 0.357. The number of hydrogen-bond acceptors (Lipinski definition) is 5. The van der Waals surface area contributed by atoms with Crippen LogP contribution in [0.25, 0.3) is 0 Å². The molecule has 0 aliphatic carbocycles. The maximum Gasteiger partial charge on any atom is 0.511 e. The second kappa shape index (κ2) is 7.39. The van der Waals surface area contributed by atoms with Gasteiger partial charge in [-0.05, 0) is 12.3 Å². The Hall–Kier alpha value is -1.26. The van der Waals surface area contributed by atoms with Gasteiger partial charge in [-0.25, -0.2) is 9.59 Å². The van der Waals surface area contributed by atoms with Gasteiger partial charge in [-0.3, -0.25) is 0 Å². The van der Waals surface area contributed by atoms with Crippen molar-refractivity contribution in [1.29, 1.82) is 0 Å². The molecule has 13 heavy (non-hydrogen) atoms. The molecule has 0 amide bonds. The first-order chi connectivity index (χ1) is 6.16. The molecular formula is C8H13O5. The topological polar surface area (TPSA) is 61.8 Å². The average Bonchev–Trinajstić information content (AvgIpc) is 2.04. The molecule has 0 saturated heterocycles. The molecule has 0 N–H and O–H groups in total. The van der Waals surface area contributed by atoms with Gasteiger partial charge in [0.2, 0.25) is 6.79 Å². The van der Waals surface area contributed by atoms with Gasteiger partial charge in [-0.15, -0.1) is 0 Å². The van der Waals surface area contributed by atoms with Gasteiger partial charge in [-0.2, -0.15) is 0 Å². The number of ether oxygens (including phenoxy) is 3. The van der Waals surface area contributed by atoms with Gasteiger partial charge in [0.15, 0.2) is 0 Å². The summed E-state index contributed by atoms with van der Waals surface area (Å²) in [5.74, 6) is 0.465. The van der Waals surface area contributed by atoms with E-state index in [1.807, 2.05) is 13.8 Å². The van der Waals surface area contributed by atoms with Crippen molar-refractivity contribution in [1.82, 2.24) is 0 Å². The zero-order valence-corrected chi connectivity index (χ0v) is 7.74. The van der Waals surface area contributed by atoms with Gasteiger partial charge < -0.3 is 14.2 Å². The van der Waals surface area contributed by atoms with E-state index in [0.29, 0.717) is 12.5 Å². The van der Waals surface area contributed by atoms with Crippen LogP contribution in [0.5, 0.6) is 0 Å². The fraction of sp³-hybridized carbons (Fsp3) is 0.750. The van der Waals surface area contributed by atoms with Crippen LogP contribution in [0.2, 0.25) is 0 Å². The maximum atomic E-state index is 10.6. The number of carbonyl (C=O) groups excluding carboxylic acids is 2. The lowest BCUT2D eigenvalue weighted by Crippen LogP contribution is -2.11. The van der Waals surface area contributed by atoms with E-state index in [1.54, 1.807) is 0 Å². The van der Waals surface area contributed by atoms with Crippen LogP contribution < -0.4 is 0 Å². The Balaban J connectivity index is 3.25. The monoisotopic (exact) mass is 189 g/mol. The van der Waals surface area contributed by atoms with Crippen LogP contribution >= 0.6 is 0 Å². The molecule has 0 atom stereocenters. The Morgan fingerprint density at radius 2 is 2.08 bits per heavy atom. The Kier molecular flexibility index (Phi) is 6.68. The van der Waals surface area contributed by atoms with Gasteiger partial charge in [0, 0.05) is 0 Å². The summed E-state index contributed by atoms with van der Waals surface area (Å²) in [5, 5.41) is 0. The lowest BCUT2D eigenvalue weighted by atomic mass is 10.1. The van der Waals surface area contributed by atoms with Crippen molar-refractivity contribution >= 4 is 12.6 Å². The molecule has 1 radical (unpaired) electrons. The largest absolute Gasteiger partial charge is 0.511 e. The fourth-order valence-corrected chi connectivity index (χ4v) is 0.521. The maximum absolute atomic E-state index is 10.6. The first-order valence-corrected chi connectivity index (χ1v) is 3.95. The zero-order valence-electron chi connectivity index (χ0n) is 7.74. The predicted molar refractivity (Wildman–Crippen MR) is 43.5 cm³/mol. The standard InChI is InChI=1S/C8H13O5/c1-7(2)3-4-12-8(10)13-6-11-5-9/h7H,3-4,6H2,1-2H3. The van der Waals surface area contributed by atoms with Crippen LogP contribution in [0.15, 0.2) is 0 Å². The Morgan fingerprint density at radius 3 is 2.62 bits per heavy atom. The second-order valence-electron chi connectivity index (χ2n) is 2.77. The first kappa shape index (κ1) is 11.7. The highest BCUT2D eigenvalue weighted by Gasteiger charge is 2.03. The van der Waals surface area contributed by atoms with Crippen molar-refractivity contribution in [3.8, 4) is 0 Å². The van der Waals surface area contributed by atoms with Crippen molar-refractivity contribution in [3.63, 3.8) is 0 Å². The van der Waals surface area contributed by atoms with Crippen molar-refractivity contribution in [2.75, 3.05) is 13.4 Å². The molecule has 0 aromatic rings. The SMILES string of the molecule is CC(C)CCOC(=O)OCO[C]=O. The van der Waals surface area contributed by atoms with Crippen LogP contribution in [-0.2, 0) is 19.0 Å². The minimum Gasteiger partial charge on any atom is -0.434 e. The molecule has 0 fully saturated rings. The molecule has 0 heterocycles. The molecule has 0 aromatic carbocycles. The minimum atomic E-state index is -0.837. The summed E-state index contributed by atoms with van der Waals surface area (Å²) in [7, 11) is 0. The van der Waals surface area contributed by atoms with E-state index in [2.05, 4.69) is 14.2 Å². The molecule has 0 unspecified atom stereocenters. The summed E-state index contributed by atoms with van der Waals surface area (Å²) in [6.07, 6.45) is -0.0636. The van der Waals surface area contributed by atoms with E-state index in [4.69, 9.17) is 0 Å². The first-order valence-electron chi connectivity index (χ1n) is 3.95. The Morgan fingerprint density at radius 1 is 1.38 bits per heavy atom. The van der Waals surface area contributed by atoms with Crippen molar-refractivity contribution in [2.45, 2.75) is 20.3 Å². The molecule has 0 aliphatic rings. The third-order valence-corrected chi connectivity index (χ3v) is 1.21. The van der Waals surface area contributed by atoms with Gasteiger partial charge in [0.1, 0.15) is 0 Å². The fourth-order valence-electron chi connectivity index (χ4n) is 0.521. The average molecular weight is 189 g/mol. The van der Waals surface area contributed by atoms with Crippen LogP contribution in [0, 0.1) is 5.92 Å². The van der Waals surface area contributed by atoms with Gasteiger partial charge in [0.05, 0.1) is 6.61 Å². The zero-order chi connectivity index (χ0) is 10.1. The molecule has 0 spiro atoms. The summed E-state index contributed by atoms with van der Waals surface area (Å²) in [4.78, 5) is 20.2. The third-order valence-electron chi connectivity index (χ3n) is 1.21. The van der Waals surface area contributed by atoms with Crippen LogP contribution in [0.1, 0.15) is 20.3 Å². The van der Waals surface area contributed by atoms with Crippen molar-refractivity contribution in [3.05, 3.63) is 0 Å². The normalized spacial score (nSPS) is 9.46. The highest BCUT2D eigenvalue weighted by Crippen LogP contribution is 1.99. The molecule has 5 heteroatoms. The van der Waals surface area contributed by atoms with Gasteiger partial charge >= 0.3 is 12.6 Å². The Bertz CT molecular complexity index is 155. The van der Waals surface area contributed by atoms with E-state index in [9.17, 15) is 9.59 Å². The van der Waals surface area contributed by atoms with E-state index >= 15 is 0 Å². The third kappa shape index (κ3) is 8.65. The van der Waals surface area contributed by atoms with Crippen LogP contribution in [-0.4, -0.2) is 26.0 Å². The van der Waals surface area contributed by atoms with E-state index in [0.717, 1.165) is 12.9 Å². The van der Waals surface area contributed by atoms with E-state index in [1.165, 1.54) is 0 Å². The van der Waals surface area contributed by atoms with Crippen molar-refractivity contribution in [2.24, 2.45) is 5.92 Å². The minimum absolute atomic E-state index is 0.307. The van der Waals surface area contributed by atoms with E-state index in [-0.39, 0.29) is 0 Å². The number of hydrogen-bond donors (Lipinski definition) is 0. The lowest BCUT2D eigenvalue weighted by molar-refractivity contribution is -0.00226. The summed E-state index contributed by atoms with van der Waals surface area (Å²) < 4.78 is 12.9. The molecule has 0 saturated carbocycles. The smallest absolute Gasteiger partial charge is 0.434 e. The molecule has 75 valence electrons. The summed E-state index contributed by atoms with van der Waals surface area (Å²) in [6.45, 7) is 4.99. The molecule has 0 aromatic heterocycles. The van der Waals surface area contributed by atoms with Gasteiger partial charge in [0.25, 0.3) is 0 Å². The Labute approximate surface area is 77.0 Å². The van der Waals surface area contributed by atoms with Crippen LogP contribution in [0.3, 0.4) is 0 Å². The molecular weight excluding hydrogens is 176 g/mol. The summed E-state index contributed by atoms with van der Waals surface area (Å²) >= 11 is 0. The number of rotatable bonds is 6. The predicted octanol–water partition coefficient (Wildman–Crippen LogP) is 1.23.